The number of benzene rings is 3. The molecule has 1 unspecified atom stereocenters. The van der Waals surface area contributed by atoms with Gasteiger partial charge in [-0.2, -0.15) is 0 Å². The molecule has 5 aliphatic rings. The third kappa shape index (κ3) is 9.26. The van der Waals surface area contributed by atoms with Gasteiger partial charge in [0.2, 0.25) is 0 Å². The molecule has 0 radical (unpaired) electrons. The zero-order valence-electron chi connectivity index (χ0n) is 36.9. The van der Waals surface area contributed by atoms with Crippen molar-refractivity contribution in [3.05, 3.63) is 221 Å². The van der Waals surface area contributed by atoms with E-state index in [0.29, 0.717) is 0 Å². The topological polar surface area (TPSA) is 21.8 Å². The molecule has 1 N–H and O–H groups in total. The summed E-state index contributed by atoms with van der Waals surface area (Å²) in [5, 5.41) is 3.57. The number of rotatable bonds is 7. The maximum absolute atomic E-state index is 4.61. The van der Waals surface area contributed by atoms with Crippen molar-refractivity contribution in [1.82, 2.24) is 4.90 Å². The third-order valence-electron chi connectivity index (χ3n) is 12.5. The zero-order valence-corrected chi connectivity index (χ0v) is 36.9. The highest BCUT2D eigenvalue weighted by Crippen LogP contribution is 2.52. The minimum Gasteiger partial charge on any atom is -0.381 e. The highest BCUT2D eigenvalue weighted by atomic mass is 15.2. The normalized spacial score (nSPS) is 23.8. The van der Waals surface area contributed by atoms with Gasteiger partial charge < -0.3 is 20.0 Å². The molecule has 4 heterocycles. The van der Waals surface area contributed by atoms with Crippen LogP contribution < -0.4 is 15.1 Å². The molecule has 310 valence electrons. The second-order valence-corrected chi connectivity index (χ2v) is 18.2. The molecule has 3 aromatic rings. The molecule has 3 aromatic carbocycles. The number of anilines is 3. The molecule has 8 rings (SSSR count). The Bertz CT molecular complexity index is 2510. The number of hydrogen-bond acceptors (Lipinski definition) is 4. The van der Waals surface area contributed by atoms with E-state index in [1.165, 1.54) is 56.1 Å². The van der Waals surface area contributed by atoms with Crippen LogP contribution >= 0.6 is 0 Å². The van der Waals surface area contributed by atoms with Gasteiger partial charge in [0.1, 0.15) is 0 Å². The molecule has 1 atom stereocenters. The zero-order chi connectivity index (χ0) is 42.4. The van der Waals surface area contributed by atoms with Crippen LogP contribution in [0, 0.1) is 5.41 Å². The SMILES string of the molecule is C=C1C=C=C/C=C\CN(C2=CCC3(C)C(=C2)c2ccccc2N3CC(C)(C)C)C(=C/C)/C1=C\Cc1ccc2c(c1)C/C=C\C=C/N2CCc1ccc2c(c1)C/C=C\C=C/CN2. The van der Waals surface area contributed by atoms with E-state index in [9.17, 15) is 0 Å². The van der Waals surface area contributed by atoms with Crippen LogP contribution in [0.2, 0.25) is 0 Å². The lowest BCUT2D eigenvalue weighted by molar-refractivity contribution is 0.375. The first-order chi connectivity index (χ1) is 29.6. The minimum absolute atomic E-state index is 0.102. The standard InChI is InChI=1S/C57H62N4/c1-7-53-49(43(2)21-13-9-11-20-37-60(53)48-32-34-57(6)51(41-48)50-24-16-17-25-55(50)61(57)42-56(3,4)5)29-26-44-28-31-54-47(40-44)23-15-12-19-36-59(54)38-33-45-27-30-52-46(39-45)22-14-8-10-18-35-58-52/h7-12,14-21,24-25,27-32,36,39-41,58H,2,22-23,26,33-35,37-38,42H2,1,3-6H3/b14-8-,15-12-,18-10-,20-11-,36-19-,49-29-,53-7+. The van der Waals surface area contributed by atoms with E-state index in [0.717, 1.165) is 75.1 Å². The van der Waals surface area contributed by atoms with Crippen LogP contribution in [-0.4, -0.2) is 36.6 Å². The van der Waals surface area contributed by atoms with Crippen LogP contribution in [0.15, 0.2) is 193 Å². The van der Waals surface area contributed by atoms with Crippen molar-refractivity contribution in [2.24, 2.45) is 5.41 Å². The van der Waals surface area contributed by atoms with Gasteiger partial charge >= 0.3 is 0 Å². The van der Waals surface area contributed by atoms with E-state index >= 15 is 0 Å². The van der Waals surface area contributed by atoms with Crippen molar-refractivity contribution in [3.63, 3.8) is 0 Å². The number of allylic oxidation sites excluding steroid dienone is 12. The predicted molar refractivity (Wildman–Crippen MR) is 262 cm³/mol. The Morgan fingerprint density at radius 2 is 1.66 bits per heavy atom. The quantitative estimate of drug-likeness (QED) is 0.240. The summed E-state index contributed by atoms with van der Waals surface area (Å²) in [7, 11) is 0. The van der Waals surface area contributed by atoms with Gasteiger partial charge in [-0.3, -0.25) is 0 Å². The molecule has 0 fully saturated rings. The first kappa shape index (κ1) is 41.5. The smallest absolute Gasteiger partial charge is 0.0668 e. The Labute approximate surface area is 365 Å². The highest BCUT2D eigenvalue weighted by molar-refractivity contribution is 5.93. The highest BCUT2D eigenvalue weighted by Gasteiger charge is 2.46. The first-order valence-corrected chi connectivity index (χ1v) is 22.2. The summed E-state index contributed by atoms with van der Waals surface area (Å²) in [5.74, 6) is 0. The van der Waals surface area contributed by atoms with Crippen LogP contribution in [0.25, 0.3) is 5.57 Å². The molecule has 1 aliphatic carbocycles. The number of nitrogens with one attached hydrogen (secondary N) is 1. The van der Waals surface area contributed by atoms with Gasteiger partial charge in [-0.1, -0.05) is 137 Å². The summed E-state index contributed by atoms with van der Waals surface area (Å²) >= 11 is 0. The van der Waals surface area contributed by atoms with Crippen LogP contribution in [0.5, 0.6) is 0 Å². The van der Waals surface area contributed by atoms with Crippen molar-refractivity contribution in [2.45, 2.75) is 72.3 Å². The summed E-state index contributed by atoms with van der Waals surface area (Å²) in [6, 6.07) is 23.0. The van der Waals surface area contributed by atoms with E-state index in [1.54, 1.807) is 0 Å². The molecule has 4 heteroatoms. The fraction of sp³-hybridized carbons (Fsp3) is 0.281. The van der Waals surface area contributed by atoms with Crippen LogP contribution in [-0.2, 0) is 25.7 Å². The first-order valence-electron chi connectivity index (χ1n) is 22.2. The van der Waals surface area contributed by atoms with E-state index in [2.05, 4.69) is 213 Å². The molecular formula is C57H62N4. The average Bonchev–Trinajstić information content (AvgIpc) is 3.54. The maximum Gasteiger partial charge on any atom is 0.0668 e. The predicted octanol–water partition coefficient (Wildman–Crippen LogP) is 13.0. The number of fused-ring (bicyclic) bond motifs is 5. The fourth-order valence-electron chi connectivity index (χ4n) is 9.35. The van der Waals surface area contributed by atoms with Crippen LogP contribution in [0.1, 0.15) is 68.9 Å². The van der Waals surface area contributed by atoms with E-state index < -0.39 is 0 Å². The second-order valence-electron chi connectivity index (χ2n) is 18.2. The molecule has 0 amide bonds. The van der Waals surface area contributed by atoms with Crippen molar-refractivity contribution in [2.75, 3.05) is 41.3 Å². The Hall–Kier alpha value is -6.22. The molecule has 4 aliphatic heterocycles. The van der Waals surface area contributed by atoms with Gasteiger partial charge in [-0.25, -0.2) is 0 Å². The van der Waals surface area contributed by atoms with E-state index in [4.69, 9.17) is 0 Å². The summed E-state index contributed by atoms with van der Waals surface area (Å²) in [4.78, 5) is 7.56. The monoisotopic (exact) mass is 802 g/mol. The van der Waals surface area contributed by atoms with Gasteiger partial charge in [-0.05, 0) is 127 Å². The van der Waals surface area contributed by atoms with Gasteiger partial charge in [0.25, 0.3) is 0 Å². The minimum atomic E-state index is -0.102. The molecule has 61 heavy (non-hydrogen) atoms. The van der Waals surface area contributed by atoms with E-state index in [-0.39, 0.29) is 11.0 Å². The largest absolute Gasteiger partial charge is 0.381 e. The molecule has 0 saturated heterocycles. The fourth-order valence-corrected chi connectivity index (χ4v) is 9.35. The van der Waals surface area contributed by atoms with Crippen molar-refractivity contribution in [3.8, 4) is 0 Å². The molecule has 0 saturated carbocycles. The van der Waals surface area contributed by atoms with Crippen molar-refractivity contribution in [1.29, 1.82) is 0 Å². The molecular weight excluding hydrogens is 741 g/mol. The average molecular weight is 803 g/mol. The van der Waals surface area contributed by atoms with Crippen LogP contribution in [0.3, 0.4) is 0 Å². The second kappa shape index (κ2) is 18.2. The van der Waals surface area contributed by atoms with Crippen molar-refractivity contribution < 1.29 is 0 Å². The van der Waals surface area contributed by atoms with Gasteiger partial charge in [0, 0.05) is 72.0 Å². The van der Waals surface area contributed by atoms with E-state index in [1.807, 2.05) is 12.2 Å². The Kier molecular flexibility index (Phi) is 12.4. The lowest BCUT2D eigenvalue weighted by Crippen LogP contribution is -2.48. The maximum atomic E-state index is 4.61. The number of nitrogens with zero attached hydrogens (tertiary/aromatic N) is 3. The Balaban J connectivity index is 1.06. The summed E-state index contributed by atoms with van der Waals surface area (Å²) < 4.78 is 0. The Morgan fingerprint density at radius 3 is 2.51 bits per heavy atom. The Morgan fingerprint density at radius 1 is 0.869 bits per heavy atom. The third-order valence-corrected chi connectivity index (χ3v) is 12.5. The lowest BCUT2D eigenvalue weighted by atomic mass is 9.81. The summed E-state index contributed by atoms with van der Waals surface area (Å²) in [5.41, 5.74) is 19.9. The lowest BCUT2D eigenvalue weighted by Gasteiger charge is -2.43. The van der Waals surface area contributed by atoms with Crippen molar-refractivity contribution >= 4 is 22.6 Å². The number of hydrogen-bond donors (Lipinski definition) is 1. The molecule has 0 aromatic heterocycles. The molecule has 0 bridgehead atoms. The summed E-state index contributed by atoms with van der Waals surface area (Å²) in [6.45, 7) is 19.7. The number of para-hydroxylation sites is 1. The van der Waals surface area contributed by atoms with Gasteiger partial charge in [0.15, 0.2) is 0 Å². The summed E-state index contributed by atoms with van der Waals surface area (Å²) in [6.07, 6.45) is 40.0. The van der Waals surface area contributed by atoms with Crippen LogP contribution in [0.4, 0.5) is 17.1 Å². The molecule has 4 nitrogen and oxygen atoms in total. The van der Waals surface area contributed by atoms with Gasteiger partial charge in [0.05, 0.1) is 5.54 Å². The molecule has 0 spiro atoms. The van der Waals surface area contributed by atoms with Gasteiger partial charge in [-0.15, -0.1) is 5.73 Å².